The summed E-state index contributed by atoms with van der Waals surface area (Å²) < 4.78 is 0. The molecule has 1 atom stereocenters. The number of amides is 2. The van der Waals surface area contributed by atoms with E-state index in [4.69, 9.17) is 11.6 Å². The summed E-state index contributed by atoms with van der Waals surface area (Å²) in [7, 11) is 0. The number of halogens is 1. The summed E-state index contributed by atoms with van der Waals surface area (Å²) in [6, 6.07) is 14.4. The van der Waals surface area contributed by atoms with Gasteiger partial charge in [-0.3, -0.25) is 9.59 Å². The van der Waals surface area contributed by atoms with Crippen LogP contribution in [0, 0.1) is 0 Å². The van der Waals surface area contributed by atoms with Crippen molar-refractivity contribution in [3.63, 3.8) is 0 Å². The lowest BCUT2D eigenvalue weighted by molar-refractivity contribution is -0.126. The third-order valence-electron chi connectivity index (χ3n) is 3.64. The van der Waals surface area contributed by atoms with Gasteiger partial charge in [0.15, 0.2) is 0 Å². The minimum Gasteiger partial charge on any atom is -0.341 e. The topological polar surface area (TPSA) is 49.4 Å². The molecular formula is C17H15ClN2O2. The van der Waals surface area contributed by atoms with E-state index in [9.17, 15) is 9.59 Å². The Balaban J connectivity index is 2.01. The predicted octanol–water partition coefficient (Wildman–Crippen LogP) is 3.06. The molecule has 0 aliphatic carbocycles. The molecule has 112 valence electrons. The number of nitrogens with zero attached hydrogens (tertiary/aromatic N) is 1. The molecule has 0 saturated heterocycles. The maximum absolute atomic E-state index is 12.7. The van der Waals surface area contributed by atoms with Gasteiger partial charge in [0.1, 0.15) is 6.04 Å². The standard InChI is InChI=1S/C17H15ClN2O2/c1-11(21)19-15-13-8-5-9-14(18)16(13)20(17(15)22)10-12-6-3-2-4-7-12/h2-9,15H,10H2,1H3,(H,19,21)/t15-/m1/s1. The second kappa shape index (κ2) is 5.81. The molecule has 0 fully saturated rings. The molecule has 0 spiro atoms. The second-order valence-corrected chi connectivity index (χ2v) is 5.63. The van der Waals surface area contributed by atoms with Gasteiger partial charge in [-0.2, -0.15) is 0 Å². The SMILES string of the molecule is CC(=O)N[C@H]1C(=O)N(Cc2ccccc2)c2c(Cl)cccc21. The second-order valence-electron chi connectivity index (χ2n) is 5.22. The van der Waals surface area contributed by atoms with Gasteiger partial charge < -0.3 is 10.2 Å². The first kappa shape index (κ1) is 14.6. The number of nitrogens with one attached hydrogen (secondary N) is 1. The molecule has 0 aromatic heterocycles. The van der Waals surface area contributed by atoms with Crippen LogP contribution in [0.2, 0.25) is 5.02 Å². The first-order valence-electron chi connectivity index (χ1n) is 6.98. The highest BCUT2D eigenvalue weighted by atomic mass is 35.5. The molecular weight excluding hydrogens is 300 g/mol. The van der Waals surface area contributed by atoms with Gasteiger partial charge in [0.25, 0.3) is 5.91 Å². The Morgan fingerprint density at radius 3 is 2.59 bits per heavy atom. The molecule has 0 radical (unpaired) electrons. The number of carbonyl (C=O) groups is 2. The Kier molecular flexibility index (Phi) is 3.86. The van der Waals surface area contributed by atoms with Gasteiger partial charge in [-0.1, -0.05) is 54.1 Å². The number of anilines is 1. The van der Waals surface area contributed by atoms with Gasteiger partial charge in [0, 0.05) is 12.5 Å². The van der Waals surface area contributed by atoms with Crippen molar-refractivity contribution in [1.82, 2.24) is 5.32 Å². The molecule has 2 aromatic rings. The average Bonchev–Trinajstić information content (AvgIpc) is 2.75. The van der Waals surface area contributed by atoms with Crippen LogP contribution in [0.25, 0.3) is 0 Å². The van der Waals surface area contributed by atoms with Gasteiger partial charge in [-0.25, -0.2) is 0 Å². The van der Waals surface area contributed by atoms with Crippen LogP contribution >= 0.6 is 11.6 Å². The quantitative estimate of drug-likeness (QED) is 0.946. The number of fused-ring (bicyclic) bond motifs is 1. The smallest absolute Gasteiger partial charge is 0.254 e. The minimum absolute atomic E-state index is 0.165. The third-order valence-corrected chi connectivity index (χ3v) is 3.95. The van der Waals surface area contributed by atoms with Crippen LogP contribution in [0.1, 0.15) is 24.1 Å². The minimum atomic E-state index is -0.671. The van der Waals surface area contributed by atoms with Gasteiger partial charge in [-0.15, -0.1) is 0 Å². The summed E-state index contributed by atoms with van der Waals surface area (Å²) in [5.74, 6) is -0.409. The summed E-state index contributed by atoms with van der Waals surface area (Å²) in [4.78, 5) is 25.7. The summed E-state index contributed by atoms with van der Waals surface area (Å²) in [5, 5.41) is 3.21. The van der Waals surface area contributed by atoms with Gasteiger partial charge in [0.05, 0.1) is 17.3 Å². The number of para-hydroxylation sites is 1. The predicted molar refractivity (Wildman–Crippen MR) is 85.6 cm³/mol. The number of carbonyl (C=O) groups excluding carboxylic acids is 2. The highest BCUT2D eigenvalue weighted by Gasteiger charge is 2.39. The van der Waals surface area contributed by atoms with Crippen LogP contribution < -0.4 is 10.2 Å². The van der Waals surface area contributed by atoms with E-state index in [1.54, 1.807) is 17.0 Å². The highest BCUT2D eigenvalue weighted by Crippen LogP contribution is 2.41. The third kappa shape index (κ3) is 2.57. The first-order chi connectivity index (χ1) is 10.6. The lowest BCUT2D eigenvalue weighted by Crippen LogP contribution is -2.36. The van der Waals surface area contributed by atoms with E-state index in [1.165, 1.54) is 6.92 Å². The highest BCUT2D eigenvalue weighted by molar-refractivity contribution is 6.34. The molecule has 1 aliphatic heterocycles. The number of hydrogen-bond acceptors (Lipinski definition) is 2. The van der Waals surface area contributed by atoms with Crippen LogP contribution in [0.5, 0.6) is 0 Å². The molecule has 2 aromatic carbocycles. The van der Waals surface area contributed by atoms with Gasteiger partial charge in [0.2, 0.25) is 5.91 Å². The number of hydrogen-bond donors (Lipinski definition) is 1. The van der Waals surface area contributed by atoms with Crippen LogP contribution in [-0.2, 0) is 16.1 Å². The summed E-state index contributed by atoms with van der Waals surface area (Å²) >= 11 is 6.29. The molecule has 3 rings (SSSR count). The summed E-state index contributed by atoms with van der Waals surface area (Å²) in [6.07, 6.45) is 0. The van der Waals surface area contributed by atoms with E-state index in [0.717, 1.165) is 11.1 Å². The zero-order valence-electron chi connectivity index (χ0n) is 12.0. The van der Waals surface area contributed by atoms with E-state index in [0.29, 0.717) is 17.3 Å². The molecule has 0 bridgehead atoms. The van der Waals surface area contributed by atoms with Crippen molar-refractivity contribution in [2.24, 2.45) is 0 Å². The van der Waals surface area contributed by atoms with Gasteiger partial charge in [-0.05, 0) is 11.6 Å². The summed E-state index contributed by atoms with van der Waals surface area (Å²) in [5.41, 5.74) is 2.42. The Labute approximate surface area is 133 Å². The number of benzene rings is 2. The fourth-order valence-electron chi connectivity index (χ4n) is 2.71. The van der Waals surface area contributed by atoms with Crippen molar-refractivity contribution in [2.75, 3.05) is 4.90 Å². The van der Waals surface area contributed by atoms with Crippen LogP contribution in [0.4, 0.5) is 5.69 Å². The van der Waals surface area contributed by atoms with Crippen molar-refractivity contribution in [3.8, 4) is 0 Å². The van der Waals surface area contributed by atoms with Gasteiger partial charge >= 0.3 is 0 Å². The molecule has 22 heavy (non-hydrogen) atoms. The fourth-order valence-corrected chi connectivity index (χ4v) is 3.00. The Hall–Kier alpha value is -2.33. The van der Waals surface area contributed by atoms with E-state index in [-0.39, 0.29) is 11.8 Å². The van der Waals surface area contributed by atoms with Crippen LogP contribution in [-0.4, -0.2) is 11.8 Å². The zero-order valence-corrected chi connectivity index (χ0v) is 12.8. The average molecular weight is 315 g/mol. The molecule has 5 heteroatoms. The molecule has 1 heterocycles. The lowest BCUT2D eigenvalue weighted by atomic mass is 10.1. The first-order valence-corrected chi connectivity index (χ1v) is 7.36. The van der Waals surface area contributed by atoms with Crippen molar-refractivity contribution < 1.29 is 9.59 Å². The molecule has 4 nitrogen and oxygen atoms in total. The lowest BCUT2D eigenvalue weighted by Gasteiger charge is -2.19. The van der Waals surface area contributed by atoms with E-state index in [1.807, 2.05) is 36.4 Å². The van der Waals surface area contributed by atoms with Crippen LogP contribution in [0.3, 0.4) is 0 Å². The largest absolute Gasteiger partial charge is 0.341 e. The Bertz CT molecular complexity index is 731. The Morgan fingerprint density at radius 1 is 1.18 bits per heavy atom. The molecule has 2 amide bonds. The molecule has 0 saturated carbocycles. The van der Waals surface area contributed by atoms with Crippen molar-refractivity contribution in [2.45, 2.75) is 19.5 Å². The monoisotopic (exact) mass is 314 g/mol. The van der Waals surface area contributed by atoms with E-state index in [2.05, 4.69) is 5.32 Å². The maximum Gasteiger partial charge on any atom is 0.254 e. The van der Waals surface area contributed by atoms with Crippen molar-refractivity contribution in [3.05, 3.63) is 64.7 Å². The normalized spacial score (nSPS) is 16.5. The molecule has 1 N–H and O–H groups in total. The van der Waals surface area contributed by atoms with E-state index >= 15 is 0 Å². The number of rotatable bonds is 3. The van der Waals surface area contributed by atoms with Crippen molar-refractivity contribution >= 4 is 29.1 Å². The van der Waals surface area contributed by atoms with E-state index < -0.39 is 6.04 Å². The zero-order chi connectivity index (χ0) is 15.7. The van der Waals surface area contributed by atoms with Crippen LogP contribution in [0.15, 0.2) is 48.5 Å². The molecule has 0 unspecified atom stereocenters. The molecule has 1 aliphatic rings. The maximum atomic E-state index is 12.7. The fraction of sp³-hybridized carbons (Fsp3) is 0.176. The summed E-state index contributed by atoms with van der Waals surface area (Å²) in [6.45, 7) is 1.82. The Morgan fingerprint density at radius 2 is 1.91 bits per heavy atom. The van der Waals surface area contributed by atoms with Crippen molar-refractivity contribution in [1.29, 1.82) is 0 Å².